The van der Waals surface area contributed by atoms with Crippen LogP contribution in [-0.2, 0) is 19.1 Å². The number of Topliss-reactive ketones (excluding diaryl/α,β-unsaturated/α-hetero) is 1. The molecule has 0 radical (unpaired) electrons. The van der Waals surface area contributed by atoms with Gasteiger partial charge in [-0.2, -0.15) is 0 Å². The third-order valence-corrected chi connectivity index (χ3v) is 5.80. The second kappa shape index (κ2) is 8.17. The van der Waals surface area contributed by atoms with Crippen molar-refractivity contribution >= 4 is 11.8 Å². The fraction of sp³-hybridized carbons (Fsp3) is 0.900. The SMILES string of the molecule is CC(C)OCCCCOC(=O)[C@H]1CC[C@@](C)(C(=O)C(C)(C)O)C1(C)C. The standard InChI is InChI=1S/C20H36O5/c1-14(2)24-12-8-9-13-25-16(21)15-10-11-20(7,18(15,3)4)17(22)19(5,6)23/h14-15,23H,8-13H2,1-7H3/t15-,20+/m1/s1. The van der Waals surface area contributed by atoms with Gasteiger partial charge in [0, 0.05) is 12.0 Å². The Labute approximate surface area is 152 Å². The zero-order valence-electron chi connectivity index (χ0n) is 17.0. The molecular weight excluding hydrogens is 320 g/mol. The number of esters is 1. The maximum Gasteiger partial charge on any atom is 0.309 e. The van der Waals surface area contributed by atoms with E-state index in [9.17, 15) is 14.7 Å². The monoisotopic (exact) mass is 356 g/mol. The topological polar surface area (TPSA) is 72.8 Å². The minimum absolute atomic E-state index is 0.203. The molecule has 0 spiro atoms. The van der Waals surface area contributed by atoms with E-state index in [0.29, 0.717) is 26.1 Å². The number of carbonyl (C=O) groups is 2. The van der Waals surface area contributed by atoms with E-state index in [1.807, 2.05) is 34.6 Å². The van der Waals surface area contributed by atoms with Gasteiger partial charge in [0.05, 0.1) is 18.6 Å². The number of unbranched alkanes of at least 4 members (excludes halogenated alkanes) is 1. The number of aliphatic hydroxyl groups is 1. The van der Waals surface area contributed by atoms with Gasteiger partial charge in [-0.15, -0.1) is 0 Å². The van der Waals surface area contributed by atoms with Crippen LogP contribution in [0.2, 0.25) is 0 Å². The van der Waals surface area contributed by atoms with Crippen LogP contribution in [0, 0.1) is 16.7 Å². The first kappa shape index (κ1) is 22.1. The first-order valence-corrected chi connectivity index (χ1v) is 9.39. The van der Waals surface area contributed by atoms with Crippen molar-refractivity contribution in [2.75, 3.05) is 13.2 Å². The van der Waals surface area contributed by atoms with Crippen LogP contribution in [0.25, 0.3) is 0 Å². The van der Waals surface area contributed by atoms with Gasteiger partial charge in [0.15, 0.2) is 5.78 Å². The normalized spacial score (nSPS) is 26.0. The van der Waals surface area contributed by atoms with E-state index in [2.05, 4.69) is 0 Å². The molecule has 0 saturated heterocycles. The van der Waals surface area contributed by atoms with Gasteiger partial charge < -0.3 is 14.6 Å². The van der Waals surface area contributed by atoms with Crippen LogP contribution in [0.4, 0.5) is 0 Å². The minimum Gasteiger partial charge on any atom is -0.465 e. The summed E-state index contributed by atoms with van der Waals surface area (Å²) in [7, 11) is 0. The fourth-order valence-electron chi connectivity index (χ4n) is 3.79. The van der Waals surface area contributed by atoms with E-state index < -0.39 is 16.4 Å². The van der Waals surface area contributed by atoms with Gasteiger partial charge in [-0.3, -0.25) is 9.59 Å². The van der Waals surface area contributed by atoms with Crippen LogP contribution in [0.5, 0.6) is 0 Å². The summed E-state index contributed by atoms with van der Waals surface area (Å²) in [4.78, 5) is 25.3. The lowest BCUT2D eigenvalue weighted by Crippen LogP contribution is -2.50. The number of hydrogen-bond donors (Lipinski definition) is 1. The third kappa shape index (κ3) is 5.04. The number of carbonyl (C=O) groups excluding carboxylic acids is 2. The molecule has 2 atom stereocenters. The maximum absolute atomic E-state index is 12.7. The highest BCUT2D eigenvalue weighted by Crippen LogP contribution is 2.57. The van der Waals surface area contributed by atoms with Crippen molar-refractivity contribution < 1.29 is 24.2 Å². The summed E-state index contributed by atoms with van der Waals surface area (Å²) in [6.45, 7) is 13.8. The van der Waals surface area contributed by atoms with E-state index >= 15 is 0 Å². The van der Waals surface area contributed by atoms with Crippen molar-refractivity contribution in [3.63, 3.8) is 0 Å². The summed E-state index contributed by atoms with van der Waals surface area (Å²) in [6, 6.07) is 0. The van der Waals surface area contributed by atoms with Crippen LogP contribution >= 0.6 is 0 Å². The Morgan fingerprint density at radius 1 is 1.16 bits per heavy atom. The third-order valence-electron chi connectivity index (χ3n) is 5.80. The molecule has 5 heteroatoms. The molecule has 0 amide bonds. The van der Waals surface area contributed by atoms with Crippen LogP contribution in [0.15, 0.2) is 0 Å². The van der Waals surface area contributed by atoms with Crippen molar-refractivity contribution in [1.29, 1.82) is 0 Å². The lowest BCUT2D eigenvalue weighted by molar-refractivity contribution is -0.158. The predicted octanol–water partition coefficient (Wildman–Crippen LogP) is 3.52. The molecule has 0 bridgehead atoms. The second-order valence-corrected chi connectivity index (χ2v) is 8.83. The molecule has 5 nitrogen and oxygen atoms in total. The molecule has 25 heavy (non-hydrogen) atoms. The molecule has 1 aliphatic carbocycles. The molecule has 1 rings (SSSR count). The highest BCUT2D eigenvalue weighted by Gasteiger charge is 2.60. The van der Waals surface area contributed by atoms with Gasteiger partial charge in [-0.05, 0) is 58.8 Å². The zero-order chi connectivity index (χ0) is 19.5. The van der Waals surface area contributed by atoms with Crippen molar-refractivity contribution in [2.24, 2.45) is 16.7 Å². The molecule has 0 aromatic heterocycles. The first-order valence-electron chi connectivity index (χ1n) is 9.39. The lowest BCUT2D eigenvalue weighted by atomic mass is 9.61. The molecule has 1 aliphatic rings. The van der Waals surface area contributed by atoms with E-state index in [1.165, 1.54) is 13.8 Å². The lowest BCUT2D eigenvalue weighted by Gasteiger charge is -2.42. The Kier molecular flexibility index (Phi) is 7.22. The molecule has 146 valence electrons. The van der Waals surface area contributed by atoms with E-state index in [1.54, 1.807) is 0 Å². The van der Waals surface area contributed by atoms with E-state index in [-0.39, 0.29) is 23.8 Å². The van der Waals surface area contributed by atoms with Gasteiger partial charge in [0.1, 0.15) is 5.60 Å². The molecule has 0 aliphatic heterocycles. The first-order chi connectivity index (χ1) is 11.3. The predicted molar refractivity (Wildman–Crippen MR) is 97.2 cm³/mol. The smallest absolute Gasteiger partial charge is 0.309 e. The molecule has 0 aromatic rings. The quantitative estimate of drug-likeness (QED) is 0.505. The summed E-state index contributed by atoms with van der Waals surface area (Å²) in [5.41, 5.74) is -2.69. The van der Waals surface area contributed by atoms with Gasteiger partial charge in [-0.25, -0.2) is 0 Å². The zero-order valence-corrected chi connectivity index (χ0v) is 17.0. The number of hydrogen-bond acceptors (Lipinski definition) is 5. The highest BCUT2D eigenvalue weighted by atomic mass is 16.5. The fourth-order valence-corrected chi connectivity index (χ4v) is 3.79. The second-order valence-electron chi connectivity index (χ2n) is 8.83. The number of ketones is 1. The summed E-state index contributed by atoms with van der Waals surface area (Å²) in [6.07, 6.45) is 3.04. The van der Waals surface area contributed by atoms with Crippen LogP contribution in [0.1, 0.15) is 74.1 Å². The van der Waals surface area contributed by atoms with Gasteiger partial charge in [0.2, 0.25) is 0 Å². The van der Waals surface area contributed by atoms with Crippen LogP contribution in [-0.4, -0.2) is 41.8 Å². The van der Waals surface area contributed by atoms with E-state index in [4.69, 9.17) is 9.47 Å². The minimum atomic E-state index is -1.40. The Bertz CT molecular complexity index is 475. The van der Waals surface area contributed by atoms with Crippen LogP contribution < -0.4 is 0 Å². The van der Waals surface area contributed by atoms with Crippen molar-refractivity contribution in [3.8, 4) is 0 Å². The van der Waals surface area contributed by atoms with Crippen molar-refractivity contribution in [2.45, 2.75) is 85.9 Å². The molecule has 1 saturated carbocycles. The Morgan fingerprint density at radius 3 is 2.24 bits per heavy atom. The summed E-state index contributed by atoms with van der Waals surface area (Å²) in [5.74, 6) is -0.760. The summed E-state index contributed by atoms with van der Waals surface area (Å²) >= 11 is 0. The van der Waals surface area contributed by atoms with Gasteiger partial charge >= 0.3 is 5.97 Å². The average molecular weight is 357 g/mol. The van der Waals surface area contributed by atoms with Crippen molar-refractivity contribution in [3.05, 3.63) is 0 Å². The highest BCUT2D eigenvalue weighted by molar-refractivity contribution is 5.93. The van der Waals surface area contributed by atoms with Gasteiger partial charge in [0.25, 0.3) is 0 Å². The summed E-state index contributed by atoms with van der Waals surface area (Å²) < 4.78 is 10.9. The van der Waals surface area contributed by atoms with Gasteiger partial charge in [-0.1, -0.05) is 20.8 Å². The summed E-state index contributed by atoms with van der Waals surface area (Å²) in [5, 5.41) is 10.2. The molecule has 1 N–H and O–H groups in total. The average Bonchev–Trinajstić information content (AvgIpc) is 2.71. The molecular formula is C20H36O5. The molecule has 1 fully saturated rings. The molecule has 0 heterocycles. The molecule has 0 unspecified atom stereocenters. The largest absolute Gasteiger partial charge is 0.465 e. The number of ether oxygens (including phenoxy) is 2. The number of rotatable bonds is 9. The van der Waals surface area contributed by atoms with Crippen molar-refractivity contribution in [1.82, 2.24) is 0 Å². The maximum atomic E-state index is 12.7. The van der Waals surface area contributed by atoms with Crippen LogP contribution in [0.3, 0.4) is 0 Å². The Balaban J connectivity index is 2.60. The van der Waals surface area contributed by atoms with E-state index in [0.717, 1.165) is 12.8 Å². The Hall–Kier alpha value is -0.940. The Morgan fingerprint density at radius 2 is 1.72 bits per heavy atom. The molecule has 0 aromatic carbocycles.